The Morgan fingerprint density at radius 1 is 1.35 bits per heavy atom. The summed E-state index contributed by atoms with van der Waals surface area (Å²) in [4.78, 5) is 0.712. The van der Waals surface area contributed by atoms with Crippen LogP contribution in [0.3, 0.4) is 0 Å². The van der Waals surface area contributed by atoms with Crippen LogP contribution < -0.4 is 0 Å². The Morgan fingerprint density at radius 3 is 2.71 bits per heavy atom. The summed E-state index contributed by atoms with van der Waals surface area (Å²) in [5.74, 6) is 1.52. The second-order valence-electron chi connectivity index (χ2n) is 5.48. The van der Waals surface area contributed by atoms with Crippen LogP contribution in [0.4, 0.5) is 0 Å². The van der Waals surface area contributed by atoms with Crippen molar-refractivity contribution in [1.82, 2.24) is 0 Å². The van der Waals surface area contributed by atoms with Crippen LogP contribution in [0.25, 0.3) is 0 Å². The second kappa shape index (κ2) is 5.40. The van der Waals surface area contributed by atoms with Crippen molar-refractivity contribution >= 4 is 15.9 Å². The van der Waals surface area contributed by atoms with Crippen molar-refractivity contribution in [2.75, 3.05) is 0 Å². The van der Waals surface area contributed by atoms with Crippen LogP contribution in [0, 0.1) is 23.2 Å². The highest BCUT2D eigenvalue weighted by molar-refractivity contribution is 9.09. The molecule has 0 bridgehead atoms. The van der Waals surface area contributed by atoms with Gasteiger partial charge in [-0.05, 0) is 56.9 Å². The number of hydrogen-bond acceptors (Lipinski definition) is 1. The zero-order chi connectivity index (χ0) is 12.4. The monoisotopic (exact) mass is 293 g/mol. The average Bonchev–Trinajstić information content (AvgIpc) is 2.30. The van der Waals surface area contributed by atoms with Gasteiger partial charge in [-0.1, -0.05) is 34.0 Å². The summed E-state index contributed by atoms with van der Waals surface area (Å²) in [6.45, 7) is 4.56. The van der Waals surface area contributed by atoms with Crippen molar-refractivity contribution in [3.8, 4) is 6.07 Å². The molecule has 3 unspecified atom stereocenters. The molecule has 0 heterocycles. The fourth-order valence-electron chi connectivity index (χ4n) is 3.31. The smallest absolute Gasteiger partial charge is 0.0947 e. The Balaban J connectivity index is 2.18. The summed E-state index contributed by atoms with van der Waals surface area (Å²) in [7, 11) is 0. The van der Waals surface area contributed by atoms with Gasteiger partial charge >= 0.3 is 0 Å². The molecule has 0 aromatic rings. The highest BCUT2D eigenvalue weighted by atomic mass is 79.9. The Morgan fingerprint density at radius 2 is 2.12 bits per heavy atom. The normalized spacial score (nSPS) is 34.2. The molecule has 2 rings (SSSR count). The standard InChI is InChI=1S/C15H20BrN/c1-10-7-12(9-17)3-5-14(10)15-6-4-13(16)8-11(15)2/h7,11,13,15H,3-6,8H2,1-2H3. The molecular weight excluding hydrogens is 274 g/mol. The zero-order valence-electron chi connectivity index (χ0n) is 10.7. The number of nitrogens with zero attached hydrogens (tertiary/aromatic N) is 1. The number of nitriles is 1. The lowest BCUT2D eigenvalue weighted by Crippen LogP contribution is -2.25. The van der Waals surface area contributed by atoms with Crippen LogP contribution in [0.15, 0.2) is 22.8 Å². The third-order valence-corrected chi connectivity index (χ3v) is 5.09. The Hall–Kier alpha value is -0.550. The molecule has 0 amide bonds. The maximum absolute atomic E-state index is 8.95. The Labute approximate surface area is 113 Å². The first-order chi connectivity index (χ1) is 8.11. The minimum absolute atomic E-state index is 0.712. The molecular formula is C15H20BrN. The van der Waals surface area contributed by atoms with Crippen molar-refractivity contribution in [3.63, 3.8) is 0 Å². The van der Waals surface area contributed by atoms with E-state index < -0.39 is 0 Å². The van der Waals surface area contributed by atoms with Gasteiger partial charge in [-0.3, -0.25) is 0 Å². The quantitative estimate of drug-likeness (QED) is 0.640. The number of rotatable bonds is 1. The fourth-order valence-corrected chi connectivity index (χ4v) is 4.16. The van der Waals surface area contributed by atoms with Gasteiger partial charge in [0.2, 0.25) is 0 Å². The van der Waals surface area contributed by atoms with E-state index in [0.717, 1.165) is 30.3 Å². The fraction of sp³-hybridized carbons (Fsp3) is 0.667. The molecule has 92 valence electrons. The first-order valence-corrected chi connectivity index (χ1v) is 7.47. The Kier molecular flexibility index (Phi) is 4.09. The van der Waals surface area contributed by atoms with Crippen LogP contribution in [-0.4, -0.2) is 4.83 Å². The van der Waals surface area contributed by atoms with E-state index in [4.69, 9.17) is 5.26 Å². The molecule has 1 fully saturated rings. The topological polar surface area (TPSA) is 23.8 Å². The van der Waals surface area contributed by atoms with Crippen molar-refractivity contribution in [1.29, 1.82) is 5.26 Å². The predicted octanol–water partition coefficient (Wildman–Crippen LogP) is 4.75. The molecule has 2 aliphatic carbocycles. The Bertz CT molecular complexity index is 400. The first-order valence-electron chi connectivity index (χ1n) is 6.56. The molecule has 0 aromatic heterocycles. The van der Waals surface area contributed by atoms with E-state index in [9.17, 15) is 0 Å². The average molecular weight is 294 g/mol. The minimum atomic E-state index is 0.712. The summed E-state index contributed by atoms with van der Waals surface area (Å²) in [5.41, 5.74) is 3.93. The SMILES string of the molecule is CC1=C(C2CCC(Br)CC2C)CCC(C#N)=C1. The molecule has 2 aliphatic rings. The number of allylic oxidation sites excluding steroid dienone is 4. The number of halogens is 1. The highest BCUT2D eigenvalue weighted by Crippen LogP contribution is 2.42. The van der Waals surface area contributed by atoms with E-state index in [1.165, 1.54) is 24.8 Å². The van der Waals surface area contributed by atoms with Gasteiger partial charge in [0.15, 0.2) is 0 Å². The molecule has 0 aromatic carbocycles. The lowest BCUT2D eigenvalue weighted by Gasteiger charge is -2.35. The lowest BCUT2D eigenvalue weighted by molar-refractivity contribution is 0.295. The molecule has 1 saturated carbocycles. The van der Waals surface area contributed by atoms with Gasteiger partial charge in [0.05, 0.1) is 6.07 Å². The molecule has 0 spiro atoms. The summed E-state index contributed by atoms with van der Waals surface area (Å²) in [6.07, 6.45) is 8.04. The molecule has 0 N–H and O–H groups in total. The van der Waals surface area contributed by atoms with Gasteiger partial charge in [-0.25, -0.2) is 0 Å². The molecule has 2 heteroatoms. The minimum Gasteiger partial charge on any atom is -0.193 e. The van der Waals surface area contributed by atoms with Crippen molar-refractivity contribution in [3.05, 3.63) is 22.8 Å². The van der Waals surface area contributed by atoms with Gasteiger partial charge in [0.1, 0.15) is 0 Å². The van der Waals surface area contributed by atoms with Crippen LogP contribution >= 0.6 is 15.9 Å². The summed E-state index contributed by atoms with van der Waals surface area (Å²) in [6, 6.07) is 2.30. The van der Waals surface area contributed by atoms with E-state index in [-0.39, 0.29) is 0 Å². The predicted molar refractivity (Wildman–Crippen MR) is 74.9 cm³/mol. The summed E-state index contributed by atoms with van der Waals surface area (Å²) < 4.78 is 0. The molecule has 1 nitrogen and oxygen atoms in total. The maximum Gasteiger partial charge on any atom is 0.0947 e. The third kappa shape index (κ3) is 2.83. The van der Waals surface area contributed by atoms with Gasteiger partial charge in [0.25, 0.3) is 0 Å². The van der Waals surface area contributed by atoms with Crippen LogP contribution in [0.2, 0.25) is 0 Å². The molecule has 0 aliphatic heterocycles. The van der Waals surface area contributed by atoms with E-state index in [1.54, 1.807) is 5.57 Å². The van der Waals surface area contributed by atoms with Crippen molar-refractivity contribution in [2.24, 2.45) is 11.8 Å². The van der Waals surface area contributed by atoms with Crippen molar-refractivity contribution < 1.29 is 0 Å². The van der Waals surface area contributed by atoms with E-state index in [2.05, 4.69) is 41.9 Å². The lowest BCUT2D eigenvalue weighted by atomic mass is 9.72. The van der Waals surface area contributed by atoms with Gasteiger partial charge in [-0.15, -0.1) is 0 Å². The molecule has 0 saturated heterocycles. The van der Waals surface area contributed by atoms with Gasteiger partial charge in [0, 0.05) is 10.4 Å². The van der Waals surface area contributed by atoms with Gasteiger partial charge < -0.3 is 0 Å². The molecule has 0 radical (unpaired) electrons. The summed E-state index contributed by atoms with van der Waals surface area (Å²) in [5, 5.41) is 8.95. The summed E-state index contributed by atoms with van der Waals surface area (Å²) >= 11 is 3.74. The molecule has 17 heavy (non-hydrogen) atoms. The van der Waals surface area contributed by atoms with Crippen LogP contribution in [-0.2, 0) is 0 Å². The third-order valence-electron chi connectivity index (χ3n) is 4.26. The number of hydrogen-bond donors (Lipinski definition) is 0. The van der Waals surface area contributed by atoms with E-state index >= 15 is 0 Å². The molecule has 3 atom stereocenters. The highest BCUT2D eigenvalue weighted by Gasteiger charge is 2.30. The van der Waals surface area contributed by atoms with E-state index in [1.807, 2.05) is 0 Å². The van der Waals surface area contributed by atoms with Gasteiger partial charge in [-0.2, -0.15) is 5.26 Å². The number of alkyl halides is 1. The van der Waals surface area contributed by atoms with E-state index in [0.29, 0.717) is 4.83 Å². The van der Waals surface area contributed by atoms with Crippen molar-refractivity contribution in [2.45, 2.75) is 50.8 Å². The second-order valence-corrected chi connectivity index (χ2v) is 6.78. The largest absolute Gasteiger partial charge is 0.193 e. The zero-order valence-corrected chi connectivity index (χ0v) is 12.3. The van der Waals surface area contributed by atoms with Crippen LogP contribution in [0.5, 0.6) is 0 Å². The maximum atomic E-state index is 8.95. The first kappa shape index (κ1) is 12.9. The van der Waals surface area contributed by atoms with Crippen LogP contribution in [0.1, 0.15) is 46.0 Å².